The number of piperidine rings is 3. The average molecular weight is 346 g/mol. The van der Waals surface area contributed by atoms with E-state index in [9.17, 15) is 9.18 Å². The number of aromatic nitrogens is 2. The third-order valence-electron chi connectivity index (χ3n) is 5.18. The van der Waals surface area contributed by atoms with E-state index in [1.807, 2.05) is 0 Å². The summed E-state index contributed by atoms with van der Waals surface area (Å²) in [5.41, 5.74) is 0.719. The molecule has 7 heteroatoms. The highest BCUT2D eigenvalue weighted by Crippen LogP contribution is 2.32. The van der Waals surface area contributed by atoms with Crippen LogP contribution in [-0.4, -0.2) is 45.9 Å². The SMILES string of the molecule is CC1C(NC(=O)c2cnc(-c3ccc(F)nc3)s2)C2CCN1CC2. The smallest absolute Gasteiger partial charge is 0.263 e. The quantitative estimate of drug-likeness (QED) is 0.868. The van der Waals surface area contributed by atoms with Crippen LogP contribution >= 0.6 is 11.3 Å². The number of thiazole rings is 1. The van der Waals surface area contributed by atoms with E-state index in [0.717, 1.165) is 31.5 Å². The predicted molar refractivity (Wildman–Crippen MR) is 90.3 cm³/mol. The zero-order chi connectivity index (χ0) is 16.7. The Morgan fingerprint density at radius 3 is 2.75 bits per heavy atom. The Labute approximate surface area is 143 Å². The summed E-state index contributed by atoms with van der Waals surface area (Å²) in [5, 5.41) is 3.88. The first-order valence-electron chi connectivity index (χ1n) is 8.24. The molecule has 3 aliphatic rings. The van der Waals surface area contributed by atoms with Crippen molar-refractivity contribution in [2.24, 2.45) is 5.92 Å². The van der Waals surface area contributed by atoms with Gasteiger partial charge >= 0.3 is 0 Å². The molecule has 2 aromatic rings. The second-order valence-electron chi connectivity index (χ2n) is 6.51. The van der Waals surface area contributed by atoms with Gasteiger partial charge in [-0.15, -0.1) is 11.3 Å². The van der Waals surface area contributed by atoms with Gasteiger partial charge in [0, 0.05) is 23.8 Å². The van der Waals surface area contributed by atoms with Gasteiger partial charge in [0.1, 0.15) is 9.88 Å². The topological polar surface area (TPSA) is 58.1 Å². The second-order valence-corrected chi connectivity index (χ2v) is 7.54. The summed E-state index contributed by atoms with van der Waals surface area (Å²) in [6, 6.07) is 3.51. The zero-order valence-corrected chi connectivity index (χ0v) is 14.2. The van der Waals surface area contributed by atoms with Crippen molar-refractivity contribution in [3.05, 3.63) is 35.4 Å². The van der Waals surface area contributed by atoms with Crippen molar-refractivity contribution in [3.8, 4) is 10.6 Å². The zero-order valence-electron chi connectivity index (χ0n) is 13.4. The second kappa shape index (κ2) is 6.22. The summed E-state index contributed by atoms with van der Waals surface area (Å²) in [6.07, 6.45) is 5.34. The van der Waals surface area contributed by atoms with Crippen LogP contribution in [0.4, 0.5) is 4.39 Å². The fourth-order valence-electron chi connectivity index (χ4n) is 3.78. The highest BCUT2D eigenvalue weighted by atomic mass is 32.1. The van der Waals surface area contributed by atoms with Crippen molar-refractivity contribution in [1.29, 1.82) is 0 Å². The summed E-state index contributed by atoms with van der Waals surface area (Å²) >= 11 is 1.31. The Hall–Kier alpha value is -1.86. The van der Waals surface area contributed by atoms with Gasteiger partial charge in [-0.3, -0.25) is 9.69 Å². The van der Waals surface area contributed by atoms with E-state index in [0.29, 0.717) is 21.8 Å². The van der Waals surface area contributed by atoms with E-state index in [1.54, 1.807) is 12.3 Å². The molecule has 0 aliphatic carbocycles. The molecule has 1 N–H and O–H groups in total. The Balaban J connectivity index is 1.48. The molecule has 1 amide bonds. The molecular formula is C17H19FN4OS. The molecule has 2 bridgehead atoms. The van der Waals surface area contributed by atoms with Crippen LogP contribution in [0.1, 0.15) is 29.4 Å². The highest BCUT2D eigenvalue weighted by Gasteiger charge is 2.40. The van der Waals surface area contributed by atoms with Crippen molar-refractivity contribution in [2.75, 3.05) is 13.1 Å². The lowest BCUT2D eigenvalue weighted by molar-refractivity contribution is 0.0218. The van der Waals surface area contributed by atoms with Crippen LogP contribution in [0.2, 0.25) is 0 Å². The fraction of sp³-hybridized carbons (Fsp3) is 0.471. The molecule has 0 aromatic carbocycles. The van der Waals surface area contributed by atoms with Crippen LogP contribution in [0.25, 0.3) is 10.6 Å². The lowest BCUT2D eigenvalue weighted by atomic mass is 9.79. The summed E-state index contributed by atoms with van der Waals surface area (Å²) in [4.78, 5) is 23.5. The van der Waals surface area contributed by atoms with Gasteiger partial charge in [0.2, 0.25) is 5.95 Å². The molecule has 3 fully saturated rings. The number of rotatable bonds is 3. The Kier molecular flexibility index (Phi) is 4.05. The minimum atomic E-state index is -0.524. The summed E-state index contributed by atoms with van der Waals surface area (Å²) in [7, 11) is 0. The number of hydrogen-bond acceptors (Lipinski definition) is 5. The largest absolute Gasteiger partial charge is 0.347 e. The van der Waals surface area contributed by atoms with Crippen LogP contribution in [0.5, 0.6) is 0 Å². The van der Waals surface area contributed by atoms with Gasteiger partial charge in [0.25, 0.3) is 5.91 Å². The van der Waals surface area contributed by atoms with Crippen LogP contribution < -0.4 is 5.32 Å². The van der Waals surface area contributed by atoms with Gasteiger partial charge in [-0.05, 0) is 50.9 Å². The lowest BCUT2D eigenvalue weighted by Gasteiger charge is -2.49. The van der Waals surface area contributed by atoms with E-state index in [4.69, 9.17) is 0 Å². The maximum absolute atomic E-state index is 12.9. The number of halogens is 1. The molecule has 5 nitrogen and oxygen atoms in total. The van der Waals surface area contributed by atoms with Gasteiger partial charge in [-0.25, -0.2) is 9.97 Å². The first-order chi connectivity index (χ1) is 11.6. The average Bonchev–Trinajstić information content (AvgIpc) is 3.09. The maximum Gasteiger partial charge on any atom is 0.263 e. The fourth-order valence-corrected chi connectivity index (χ4v) is 4.59. The Morgan fingerprint density at radius 1 is 1.29 bits per heavy atom. The Morgan fingerprint density at radius 2 is 2.08 bits per heavy atom. The third kappa shape index (κ3) is 2.82. The number of fused-ring (bicyclic) bond motifs is 3. The van der Waals surface area contributed by atoms with E-state index < -0.39 is 5.95 Å². The molecule has 3 aliphatic heterocycles. The number of pyridine rings is 1. The molecule has 2 aromatic heterocycles. The van der Waals surface area contributed by atoms with E-state index in [1.165, 1.54) is 23.6 Å². The number of nitrogens with one attached hydrogen (secondary N) is 1. The minimum absolute atomic E-state index is 0.0700. The third-order valence-corrected chi connectivity index (χ3v) is 6.22. The monoisotopic (exact) mass is 346 g/mol. The van der Waals surface area contributed by atoms with Gasteiger partial charge in [-0.1, -0.05) is 0 Å². The van der Waals surface area contributed by atoms with E-state index in [2.05, 4.69) is 27.1 Å². The summed E-state index contributed by atoms with van der Waals surface area (Å²) in [5.74, 6) is -0.0216. The minimum Gasteiger partial charge on any atom is -0.347 e. The normalized spacial score (nSPS) is 28.8. The number of nitrogens with zero attached hydrogens (tertiary/aromatic N) is 3. The first-order valence-corrected chi connectivity index (χ1v) is 9.06. The van der Waals surface area contributed by atoms with Gasteiger partial charge < -0.3 is 5.32 Å². The number of hydrogen-bond donors (Lipinski definition) is 1. The highest BCUT2D eigenvalue weighted by molar-refractivity contribution is 7.16. The van der Waals surface area contributed by atoms with Crippen molar-refractivity contribution in [2.45, 2.75) is 31.8 Å². The number of carbonyl (C=O) groups is 1. The molecular weight excluding hydrogens is 327 g/mol. The molecule has 24 heavy (non-hydrogen) atoms. The van der Waals surface area contributed by atoms with Crippen molar-refractivity contribution in [3.63, 3.8) is 0 Å². The summed E-state index contributed by atoms with van der Waals surface area (Å²) in [6.45, 7) is 4.47. The van der Waals surface area contributed by atoms with Crippen LogP contribution in [0.3, 0.4) is 0 Å². The first kappa shape index (κ1) is 15.7. The molecule has 2 atom stereocenters. The predicted octanol–water partition coefficient (Wildman–Crippen LogP) is 2.56. The molecule has 5 heterocycles. The van der Waals surface area contributed by atoms with Crippen LogP contribution in [-0.2, 0) is 0 Å². The van der Waals surface area contributed by atoms with Crippen molar-refractivity contribution >= 4 is 17.2 Å². The Bertz CT molecular complexity index is 737. The maximum atomic E-state index is 12.9. The van der Waals surface area contributed by atoms with E-state index in [-0.39, 0.29) is 11.9 Å². The van der Waals surface area contributed by atoms with Gasteiger partial charge in [-0.2, -0.15) is 4.39 Å². The van der Waals surface area contributed by atoms with Crippen molar-refractivity contribution < 1.29 is 9.18 Å². The van der Waals surface area contributed by atoms with Gasteiger partial charge in [0.15, 0.2) is 0 Å². The van der Waals surface area contributed by atoms with Gasteiger partial charge in [0.05, 0.1) is 6.20 Å². The number of amides is 1. The van der Waals surface area contributed by atoms with Crippen LogP contribution in [0.15, 0.2) is 24.5 Å². The van der Waals surface area contributed by atoms with Crippen LogP contribution in [0, 0.1) is 11.9 Å². The lowest BCUT2D eigenvalue weighted by Crippen LogP contribution is -2.62. The number of carbonyl (C=O) groups excluding carboxylic acids is 1. The molecule has 2 unspecified atom stereocenters. The summed E-state index contributed by atoms with van der Waals surface area (Å²) < 4.78 is 12.9. The molecule has 5 rings (SSSR count). The molecule has 0 radical (unpaired) electrons. The molecule has 0 saturated carbocycles. The van der Waals surface area contributed by atoms with Crippen molar-refractivity contribution in [1.82, 2.24) is 20.2 Å². The molecule has 126 valence electrons. The van der Waals surface area contributed by atoms with E-state index >= 15 is 0 Å². The molecule has 3 saturated heterocycles. The standard InChI is InChI=1S/C17H19FN4OS/c1-10-15(11-4-6-22(10)7-5-11)21-16(23)13-9-20-17(24-13)12-2-3-14(18)19-8-12/h2-3,8-11,15H,4-7H2,1H3,(H,21,23). The molecule has 0 spiro atoms.